The van der Waals surface area contributed by atoms with Crippen LogP contribution in [-0.4, -0.2) is 4.98 Å². The van der Waals surface area contributed by atoms with E-state index < -0.39 is 11.9 Å². The van der Waals surface area contributed by atoms with Crippen molar-refractivity contribution in [3.05, 3.63) is 53.2 Å². The number of hydrogen-bond donors (Lipinski definition) is 0. The molecule has 0 saturated heterocycles. The Labute approximate surface area is 113 Å². The number of alkyl halides is 3. The molecular formula is C14H9F3N2O. The van der Waals surface area contributed by atoms with E-state index in [1.54, 1.807) is 37.3 Å². The topological polar surface area (TPSA) is 45.9 Å². The fraction of sp³-hybridized carbons (Fsp3) is 0.143. The lowest BCUT2D eigenvalue weighted by molar-refractivity contribution is -0.141. The van der Waals surface area contributed by atoms with E-state index in [-0.39, 0.29) is 11.4 Å². The Kier molecular flexibility index (Phi) is 3.61. The van der Waals surface area contributed by atoms with Gasteiger partial charge in [0, 0.05) is 0 Å². The number of para-hydroxylation sites is 1. The first kappa shape index (κ1) is 13.9. The van der Waals surface area contributed by atoms with Gasteiger partial charge in [-0.25, -0.2) is 4.98 Å². The van der Waals surface area contributed by atoms with E-state index >= 15 is 0 Å². The van der Waals surface area contributed by atoms with Crippen molar-refractivity contribution < 1.29 is 17.9 Å². The molecule has 1 aromatic carbocycles. The maximum Gasteiger partial charge on any atom is 0.433 e. The van der Waals surface area contributed by atoms with Crippen LogP contribution in [0.4, 0.5) is 13.2 Å². The third kappa shape index (κ3) is 2.88. The van der Waals surface area contributed by atoms with Crippen LogP contribution in [0.15, 0.2) is 36.4 Å². The molecule has 0 bridgehead atoms. The Morgan fingerprint density at radius 3 is 2.45 bits per heavy atom. The number of aromatic nitrogens is 1. The molecule has 1 aromatic heterocycles. The molecule has 0 fully saturated rings. The van der Waals surface area contributed by atoms with Crippen molar-refractivity contribution in [2.75, 3.05) is 0 Å². The van der Waals surface area contributed by atoms with Gasteiger partial charge in [0.25, 0.3) is 0 Å². The largest absolute Gasteiger partial charge is 0.437 e. The predicted octanol–water partition coefficient (Wildman–Crippen LogP) is 4.07. The van der Waals surface area contributed by atoms with Crippen LogP contribution in [-0.2, 0) is 6.18 Å². The van der Waals surface area contributed by atoms with Crippen molar-refractivity contribution >= 4 is 0 Å². The smallest absolute Gasteiger partial charge is 0.433 e. The van der Waals surface area contributed by atoms with Crippen molar-refractivity contribution in [2.24, 2.45) is 0 Å². The summed E-state index contributed by atoms with van der Waals surface area (Å²) in [4.78, 5) is 3.38. The standard InChI is InChI=1S/C14H9F3N2O/c1-9-4-2-3-5-11(9)20-13-10(8-18)6-7-12(19-13)14(15,16)17/h2-7H,1H3. The molecule has 102 valence electrons. The number of ether oxygens (including phenoxy) is 1. The van der Waals surface area contributed by atoms with E-state index in [1.807, 2.05) is 0 Å². The average Bonchev–Trinajstić information content (AvgIpc) is 2.40. The van der Waals surface area contributed by atoms with E-state index in [9.17, 15) is 13.2 Å². The minimum absolute atomic E-state index is 0.0544. The molecule has 0 N–H and O–H groups in total. The van der Waals surface area contributed by atoms with E-state index in [0.717, 1.165) is 17.7 Å². The van der Waals surface area contributed by atoms with Gasteiger partial charge in [0.15, 0.2) is 0 Å². The molecule has 1 heterocycles. The summed E-state index contributed by atoms with van der Waals surface area (Å²) < 4.78 is 43.2. The van der Waals surface area contributed by atoms with Crippen LogP contribution in [0.25, 0.3) is 0 Å². The number of aryl methyl sites for hydroxylation is 1. The van der Waals surface area contributed by atoms with Crippen LogP contribution in [0.1, 0.15) is 16.8 Å². The van der Waals surface area contributed by atoms with Gasteiger partial charge in [-0.2, -0.15) is 18.4 Å². The molecule has 0 aliphatic heterocycles. The Hall–Kier alpha value is -2.55. The second kappa shape index (κ2) is 5.21. The maximum atomic E-state index is 12.6. The van der Waals surface area contributed by atoms with E-state index in [4.69, 9.17) is 10.00 Å². The van der Waals surface area contributed by atoms with Crippen LogP contribution in [0.5, 0.6) is 11.6 Å². The van der Waals surface area contributed by atoms with Gasteiger partial charge in [0.2, 0.25) is 5.88 Å². The molecule has 0 atom stereocenters. The van der Waals surface area contributed by atoms with Gasteiger partial charge in [0.1, 0.15) is 23.1 Å². The first-order valence-corrected chi connectivity index (χ1v) is 5.63. The normalized spacial score (nSPS) is 10.9. The molecule has 20 heavy (non-hydrogen) atoms. The van der Waals surface area contributed by atoms with Gasteiger partial charge in [-0.1, -0.05) is 18.2 Å². The van der Waals surface area contributed by atoms with E-state index in [0.29, 0.717) is 5.75 Å². The number of pyridine rings is 1. The molecule has 0 spiro atoms. The lowest BCUT2D eigenvalue weighted by Gasteiger charge is -2.11. The number of nitriles is 1. The number of nitrogens with zero attached hydrogens (tertiary/aromatic N) is 2. The fourth-order valence-corrected chi connectivity index (χ4v) is 1.54. The van der Waals surface area contributed by atoms with Crippen molar-refractivity contribution in [2.45, 2.75) is 13.1 Å². The van der Waals surface area contributed by atoms with Crippen molar-refractivity contribution in [1.82, 2.24) is 4.98 Å². The minimum atomic E-state index is -4.59. The van der Waals surface area contributed by atoms with Crippen LogP contribution in [0, 0.1) is 18.3 Å². The summed E-state index contributed by atoms with van der Waals surface area (Å²) in [6, 6.07) is 10.4. The van der Waals surface area contributed by atoms with Gasteiger partial charge in [-0.05, 0) is 30.7 Å². The summed E-state index contributed by atoms with van der Waals surface area (Å²) >= 11 is 0. The summed E-state index contributed by atoms with van der Waals surface area (Å²) in [5, 5.41) is 8.91. The zero-order chi connectivity index (χ0) is 14.8. The van der Waals surface area contributed by atoms with Gasteiger partial charge < -0.3 is 4.74 Å². The molecule has 0 aliphatic carbocycles. The van der Waals surface area contributed by atoms with Crippen LogP contribution >= 0.6 is 0 Å². The molecule has 0 aliphatic rings. The summed E-state index contributed by atoms with van der Waals surface area (Å²) in [7, 11) is 0. The van der Waals surface area contributed by atoms with E-state index in [1.165, 1.54) is 0 Å². The molecule has 0 unspecified atom stereocenters. The average molecular weight is 278 g/mol. The minimum Gasteiger partial charge on any atom is -0.437 e. The quantitative estimate of drug-likeness (QED) is 0.831. The Bertz CT molecular complexity index is 675. The number of benzene rings is 1. The van der Waals surface area contributed by atoms with Gasteiger partial charge >= 0.3 is 6.18 Å². The Morgan fingerprint density at radius 1 is 1.15 bits per heavy atom. The highest BCUT2D eigenvalue weighted by Crippen LogP contribution is 2.32. The first-order valence-electron chi connectivity index (χ1n) is 5.63. The van der Waals surface area contributed by atoms with Crippen LogP contribution in [0.3, 0.4) is 0 Å². The highest BCUT2D eigenvalue weighted by atomic mass is 19.4. The second-order valence-electron chi connectivity index (χ2n) is 4.03. The molecule has 0 saturated carbocycles. The lowest BCUT2D eigenvalue weighted by atomic mass is 10.2. The zero-order valence-corrected chi connectivity index (χ0v) is 10.4. The lowest BCUT2D eigenvalue weighted by Crippen LogP contribution is -2.09. The SMILES string of the molecule is Cc1ccccc1Oc1nc(C(F)(F)F)ccc1C#N. The molecule has 2 aromatic rings. The summed E-state index contributed by atoms with van der Waals surface area (Å²) in [6.07, 6.45) is -4.59. The van der Waals surface area contributed by atoms with Gasteiger partial charge in [-0.3, -0.25) is 0 Å². The van der Waals surface area contributed by atoms with Crippen molar-refractivity contribution in [3.63, 3.8) is 0 Å². The summed E-state index contributed by atoms with van der Waals surface area (Å²) in [5.41, 5.74) is -0.420. The predicted molar refractivity (Wildman–Crippen MR) is 65.2 cm³/mol. The maximum absolute atomic E-state index is 12.6. The number of hydrogen-bond acceptors (Lipinski definition) is 3. The molecular weight excluding hydrogens is 269 g/mol. The molecule has 0 amide bonds. The first-order chi connectivity index (χ1) is 9.41. The number of halogens is 3. The highest BCUT2D eigenvalue weighted by Gasteiger charge is 2.33. The van der Waals surface area contributed by atoms with Gasteiger partial charge in [0.05, 0.1) is 0 Å². The molecule has 3 nitrogen and oxygen atoms in total. The van der Waals surface area contributed by atoms with Gasteiger partial charge in [-0.15, -0.1) is 0 Å². The van der Waals surface area contributed by atoms with Crippen LogP contribution < -0.4 is 4.74 Å². The Morgan fingerprint density at radius 2 is 1.85 bits per heavy atom. The van der Waals surface area contributed by atoms with Crippen molar-refractivity contribution in [3.8, 4) is 17.7 Å². The molecule has 0 radical (unpaired) electrons. The third-order valence-electron chi connectivity index (χ3n) is 2.57. The van der Waals surface area contributed by atoms with Crippen LogP contribution in [0.2, 0.25) is 0 Å². The zero-order valence-electron chi connectivity index (χ0n) is 10.4. The fourth-order valence-electron chi connectivity index (χ4n) is 1.54. The second-order valence-corrected chi connectivity index (χ2v) is 4.03. The summed E-state index contributed by atoms with van der Waals surface area (Å²) in [6.45, 7) is 1.75. The third-order valence-corrected chi connectivity index (χ3v) is 2.57. The van der Waals surface area contributed by atoms with E-state index in [2.05, 4.69) is 4.98 Å². The molecule has 6 heteroatoms. The Balaban J connectivity index is 2.45. The summed E-state index contributed by atoms with van der Waals surface area (Å²) in [5.74, 6) is 0.00690. The highest BCUT2D eigenvalue weighted by molar-refractivity contribution is 5.43. The molecule has 2 rings (SSSR count). The monoisotopic (exact) mass is 278 g/mol. The van der Waals surface area contributed by atoms with Crippen molar-refractivity contribution in [1.29, 1.82) is 5.26 Å². The number of rotatable bonds is 2.